The smallest absolute Gasteiger partial charge is 0.144 e. The molecule has 2 rings (SSSR count). The zero-order valence-electron chi connectivity index (χ0n) is 9.80. The van der Waals surface area contributed by atoms with E-state index in [1.807, 2.05) is 21.5 Å². The van der Waals surface area contributed by atoms with Crippen LogP contribution in [0.5, 0.6) is 0 Å². The maximum atomic E-state index is 11.9. The number of thiophene rings is 1. The van der Waals surface area contributed by atoms with Crippen molar-refractivity contribution in [1.82, 2.24) is 14.8 Å². The minimum Gasteiger partial charge on any atom is -0.299 e. The average molecular weight is 249 g/mol. The first-order valence-electron chi connectivity index (χ1n) is 5.69. The van der Waals surface area contributed by atoms with Crippen molar-refractivity contribution in [3.05, 3.63) is 34.5 Å². The molecule has 0 spiro atoms. The van der Waals surface area contributed by atoms with E-state index in [0.29, 0.717) is 12.8 Å². The summed E-state index contributed by atoms with van der Waals surface area (Å²) in [5.74, 6) is 0.959. The Bertz CT molecular complexity index is 476. The van der Waals surface area contributed by atoms with Crippen molar-refractivity contribution >= 4 is 17.1 Å². The van der Waals surface area contributed by atoms with Crippen LogP contribution >= 0.6 is 11.3 Å². The monoisotopic (exact) mass is 249 g/mol. The topological polar surface area (TPSA) is 47.8 Å². The number of carbonyl (C=O) groups excluding carboxylic acids is 1. The van der Waals surface area contributed by atoms with E-state index in [1.54, 1.807) is 11.3 Å². The third-order valence-electron chi connectivity index (χ3n) is 2.47. The molecule has 0 N–H and O–H groups in total. The number of Topliss-reactive ketones (excluding diaryl/α,β-unsaturated/α-hetero) is 1. The van der Waals surface area contributed by atoms with E-state index in [9.17, 15) is 4.79 Å². The number of nitrogens with zero attached hydrogens (tertiary/aromatic N) is 3. The molecule has 4 nitrogen and oxygen atoms in total. The van der Waals surface area contributed by atoms with E-state index in [2.05, 4.69) is 17.0 Å². The molecular formula is C12H15N3OS. The lowest BCUT2D eigenvalue weighted by Gasteiger charge is -2.03. The van der Waals surface area contributed by atoms with Crippen molar-refractivity contribution in [1.29, 1.82) is 0 Å². The van der Waals surface area contributed by atoms with Gasteiger partial charge in [0.2, 0.25) is 0 Å². The van der Waals surface area contributed by atoms with Crippen LogP contribution in [0.1, 0.15) is 24.7 Å². The number of rotatable bonds is 6. The summed E-state index contributed by atoms with van der Waals surface area (Å²) >= 11 is 1.62. The highest BCUT2D eigenvalue weighted by atomic mass is 32.1. The summed E-state index contributed by atoms with van der Waals surface area (Å²) < 4.78 is 1.81. The second kappa shape index (κ2) is 5.72. The molecule has 0 fully saturated rings. The molecule has 0 bridgehead atoms. The van der Waals surface area contributed by atoms with Gasteiger partial charge in [0.25, 0.3) is 0 Å². The van der Waals surface area contributed by atoms with Gasteiger partial charge in [-0.25, -0.2) is 9.67 Å². The summed E-state index contributed by atoms with van der Waals surface area (Å²) in [6.45, 7) is 2.90. The van der Waals surface area contributed by atoms with E-state index >= 15 is 0 Å². The van der Waals surface area contributed by atoms with Crippen LogP contribution in [-0.2, 0) is 24.2 Å². The summed E-state index contributed by atoms with van der Waals surface area (Å²) in [6, 6.07) is 1.99. The zero-order chi connectivity index (χ0) is 12.1. The summed E-state index contributed by atoms with van der Waals surface area (Å²) in [5.41, 5.74) is 1.08. The van der Waals surface area contributed by atoms with Gasteiger partial charge in [-0.1, -0.05) is 6.92 Å². The van der Waals surface area contributed by atoms with Crippen molar-refractivity contribution < 1.29 is 4.79 Å². The predicted octanol–water partition coefficient (Wildman–Crippen LogP) is 2.10. The fraction of sp³-hybridized carbons (Fsp3) is 0.417. The van der Waals surface area contributed by atoms with E-state index in [1.165, 1.54) is 6.33 Å². The zero-order valence-corrected chi connectivity index (χ0v) is 10.6. The molecule has 2 heterocycles. The van der Waals surface area contributed by atoms with Gasteiger partial charge in [-0.05, 0) is 28.8 Å². The van der Waals surface area contributed by atoms with Gasteiger partial charge in [0.05, 0.1) is 6.42 Å². The van der Waals surface area contributed by atoms with Gasteiger partial charge < -0.3 is 0 Å². The number of ketones is 1. The Morgan fingerprint density at radius 1 is 1.47 bits per heavy atom. The fourth-order valence-corrected chi connectivity index (χ4v) is 2.35. The highest BCUT2D eigenvalue weighted by Crippen LogP contribution is 2.08. The lowest BCUT2D eigenvalue weighted by Crippen LogP contribution is -2.12. The van der Waals surface area contributed by atoms with E-state index < -0.39 is 0 Å². The molecule has 0 atom stereocenters. The minimum absolute atomic E-state index is 0.189. The molecule has 0 unspecified atom stereocenters. The summed E-state index contributed by atoms with van der Waals surface area (Å²) in [5, 5.41) is 8.11. The van der Waals surface area contributed by atoms with Gasteiger partial charge in [0, 0.05) is 13.0 Å². The molecule has 0 saturated heterocycles. The Morgan fingerprint density at radius 2 is 2.35 bits per heavy atom. The van der Waals surface area contributed by atoms with Crippen molar-refractivity contribution in [2.45, 2.75) is 32.7 Å². The van der Waals surface area contributed by atoms with Crippen molar-refractivity contribution in [3.63, 3.8) is 0 Å². The Morgan fingerprint density at radius 3 is 3.06 bits per heavy atom. The lowest BCUT2D eigenvalue weighted by atomic mass is 10.1. The molecule has 2 aromatic rings. The quantitative estimate of drug-likeness (QED) is 0.787. The lowest BCUT2D eigenvalue weighted by molar-refractivity contribution is -0.117. The highest BCUT2D eigenvalue weighted by Gasteiger charge is 2.10. The van der Waals surface area contributed by atoms with Crippen LogP contribution in [0.2, 0.25) is 0 Å². The van der Waals surface area contributed by atoms with Crippen LogP contribution in [0.4, 0.5) is 0 Å². The Hall–Kier alpha value is -1.49. The SMILES string of the molecule is CCCn1ncnc1CC(=O)Cc1ccsc1. The summed E-state index contributed by atoms with van der Waals surface area (Å²) in [6.07, 6.45) is 3.37. The van der Waals surface area contributed by atoms with Gasteiger partial charge in [0.1, 0.15) is 17.9 Å². The van der Waals surface area contributed by atoms with E-state index in [4.69, 9.17) is 0 Å². The third-order valence-corrected chi connectivity index (χ3v) is 3.20. The molecule has 0 aromatic carbocycles. The van der Waals surface area contributed by atoms with Gasteiger partial charge in [-0.3, -0.25) is 4.79 Å². The Labute approximate surface area is 104 Å². The first-order valence-corrected chi connectivity index (χ1v) is 6.63. The van der Waals surface area contributed by atoms with Crippen LogP contribution in [-0.4, -0.2) is 20.5 Å². The number of hydrogen-bond donors (Lipinski definition) is 0. The van der Waals surface area contributed by atoms with Gasteiger partial charge >= 0.3 is 0 Å². The number of carbonyl (C=O) groups is 1. The Kier molecular flexibility index (Phi) is 4.03. The molecule has 0 saturated carbocycles. The van der Waals surface area contributed by atoms with E-state index in [-0.39, 0.29) is 5.78 Å². The summed E-state index contributed by atoms with van der Waals surface area (Å²) in [4.78, 5) is 16.0. The Balaban J connectivity index is 1.95. The standard InChI is InChI=1S/C12H15N3OS/c1-2-4-15-12(13-9-14-15)7-11(16)6-10-3-5-17-8-10/h3,5,8-9H,2,4,6-7H2,1H3. The van der Waals surface area contributed by atoms with Gasteiger partial charge in [0.15, 0.2) is 0 Å². The number of hydrogen-bond acceptors (Lipinski definition) is 4. The van der Waals surface area contributed by atoms with Crippen molar-refractivity contribution in [3.8, 4) is 0 Å². The minimum atomic E-state index is 0.189. The molecule has 5 heteroatoms. The molecule has 0 aliphatic carbocycles. The van der Waals surface area contributed by atoms with Gasteiger partial charge in [-0.15, -0.1) is 0 Å². The molecule has 0 amide bonds. The second-order valence-electron chi connectivity index (χ2n) is 3.92. The maximum Gasteiger partial charge on any atom is 0.144 e. The van der Waals surface area contributed by atoms with Crippen LogP contribution < -0.4 is 0 Å². The van der Waals surface area contributed by atoms with E-state index in [0.717, 1.165) is 24.4 Å². The van der Waals surface area contributed by atoms with Crippen LogP contribution in [0.3, 0.4) is 0 Å². The second-order valence-corrected chi connectivity index (χ2v) is 4.70. The summed E-state index contributed by atoms with van der Waals surface area (Å²) in [7, 11) is 0. The fourth-order valence-electron chi connectivity index (χ4n) is 1.68. The average Bonchev–Trinajstić information content (AvgIpc) is 2.92. The molecule has 90 valence electrons. The van der Waals surface area contributed by atoms with Crippen LogP contribution in [0.15, 0.2) is 23.2 Å². The number of aromatic nitrogens is 3. The molecule has 17 heavy (non-hydrogen) atoms. The molecule has 0 aliphatic heterocycles. The van der Waals surface area contributed by atoms with Crippen molar-refractivity contribution in [2.75, 3.05) is 0 Å². The van der Waals surface area contributed by atoms with Crippen LogP contribution in [0.25, 0.3) is 0 Å². The molecule has 2 aromatic heterocycles. The van der Waals surface area contributed by atoms with Crippen LogP contribution in [0, 0.1) is 0 Å². The first-order chi connectivity index (χ1) is 8.29. The predicted molar refractivity (Wildman–Crippen MR) is 67.0 cm³/mol. The normalized spacial score (nSPS) is 10.6. The van der Waals surface area contributed by atoms with Gasteiger partial charge in [-0.2, -0.15) is 16.4 Å². The molecule has 0 aliphatic rings. The van der Waals surface area contributed by atoms with Crippen molar-refractivity contribution in [2.24, 2.45) is 0 Å². The first kappa shape index (κ1) is 12.0. The maximum absolute atomic E-state index is 11.9. The molecule has 0 radical (unpaired) electrons. The number of aryl methyl sites for hydroxylation is 1. The highest BCUT2D eigenvalue weighted by molar-refractivity contribution is 7.07. The molecular weight excluding hydrogens is 234 g/mol. The third kappa shape index (κ3) is 3.23. The largest absolute Gasteiger partial charge is 0.299 e.